The molecule has 0 N–H and O–H groups in total. The van der Waals surface area contributed by atoms with Crippen molar-refractivity contribution in [1.82, 2.24) is 14.8 Å². The number of piperazine rings is 1. The number of pyridine rings is 1. The number of anilines is 1. The van der Waals surface area contributed by atoms with Gasteiger partial charge in [0.2, 0.25) is 11.8 Å². The van der Waals surface area contributed by atoms with Crippen LogP contribution >= 0.6 is 0 Å². The zero-order valence-corrected chi connectivity index (χ0v) is 23.5. The van der Waals surface area contributed by atoms with Gasteiger partial charge in [-0.3, -0.25) is 24.2 Å². The zero-order chi connectivity index (χ0) is 27.5. The maximum atomic E-state index is 13.1. The number of rotatable bonds is 15. The first-order chi connectivity index (χ1) is 19.1. The van der Waals surface area contributed by atoms with Gasteiger partial charge in [-0.1, -0.05) is 50.7 Å². The second-order valence-corrected chi connectivity index (χ2v) is 11.3. The molecule has 2 amide bonds. The SMILES string of the molecule is C=CCCCCCCCCC(=O)OC(CN1CCN(c2ccccn2)CC1)CN1C(=O)C2CCCCC2C1=O. The summed E-state index contributed by atoms with van der Waals surface area (Å²) in [5, 5.41) is 0. The lowest BCUT2D eigenvalue weighted by Gasteiger charge is -2.37. The Bertz CT molecular complexity index is 923. The second kappa shape index (κ2) is 15.2. The lowest BCUT2D eigenvalue weighted by atomic mass is 9.81. The van der Waals surface area contributed by atoms with Crippen molar-refractivity contribution >= 4 is 23.6 Å². The molecule has 1 aromatic heterocycles. The maximum Gasteiger partial charge on any atom is 0.306 e. The predicted octanol–water partition coefficient (Wildman–Crippen LogP) is 4.60. The Labute approximate surface area is 233 Å². The Balaban J connectivity index is 1.29. The van der Waals surface area contributed by atoms with E-state index in [1.165, 1.54) is 24.2 Å². The van der Waals surface area contributed by atoms with Crippen LogP contribution in [0.1, 0.15) is 77.0 Å². The molecular weight excluding hydrogens is 492 g/mol. The molecule has 1 aromatic rings. The van der Waals surface area contributed by atoms with Crippen molar-refractivity contribution in [3.8, 4) is 0 Å². The van der Waals surface area contributed by atoms with Crippen molar-refractivity contribution in [3.05, 3.63) is 37.1 Å². The van der Waals surface area contributed by atoms with E-state index in [-0.39, 0.29) is 36.2 Å². The number of carbonyl (C=O) groups is 3. The number of hydrogen-bond donors (Lipinski definition) is 0. The summed E-state index contributed by atoms with van der Waals surface area (Å²) in [6, 6.07) is 5.93. The highest BCUT2D eigenvalue weighted by molar-refractivity contribution is 6.05. The van der Waals surface area contributed by atoms with Crippen LogP contribution in [-0.4, -0.2) is 77.9 Å². The lowest BCUT2D eigenvalue weighted by Crippen LogP contribution is -2.51. The zero-order valence-electron chi connectivity index (χ0n) is 23.5. The van der Waals surface area contributed by atoms with E-state index in [4.69, 9.17) is 4.74 Å². The molecule has 0 spiro atoms. The minimum atomic E-state index is -0.508. The van der Waals surface area contributed by atoms with Crippen LogP contribution in [0.4, 0.5) is 5.82 Å². The highest BCUT2D eigenvalue weighted by Gasteiger charge is 2.48. The number of imide groups is 1. The summed E-state index contributed by atoms with van der Waals surface area (Å²) in [7, 11) is 0. The number of amides is 2. The number of esters is 1. The van der Waals surface area contributed by atoms with Gasteiger partial charge in [-0.2, -0.15) is 0 Å². The molecule has 4 rings (SSSR count). The third-order valence-electron chi connectivity index (χ3n) is 8.46. The van der Waals surface area contributed by atoms with E-state index < -0.39 is 6.10 Å². The van der Waals surface area contributed by atoms with Gasteiger partial charge < -0.3 is 9.64 Å². The Morgan fingerprint density at radius 3 is 2.26 bits per heavy atom. The van der Waals surface area contributed by atoms with E-state index in [9.17, 15) is 14.4 Å². The fraction of sp³-hybridized carbons (Fsp3) is 0.677. The quantitative estimate of drug-likeness (QED) is 0.140. The molecule has 8 nitrogen and oxygen atoms in total. The average molecular weight is 539 g/mol. The van der Waals surface area contributed by atoms with E-state index in [1.807, 2.05) is 30.5 Å². The fourth-order valence-electron chi connectivity index (χ4n) is 6.25. The van der Waals surface area contributed by atoms with Gasteiger partial charge in [0.15, 0.2) is 0 Å². The first kappa shape index (κ1) is 29.2. The molecule has 3 atom stereocenters. The number of hydrogen-bond acceptors (Lipinski definition) is 7. The van der Waals surface area contributed by atoms with Gasteiger partial charge in [0, 0.05) is 45.3 Å². The average Bonchev–Trinajstić information content (AvgIpc) is 3.20. The van der Waals surface area contributed by atoms with Crippen molar-refractivity contribution in [2.75, 3.05) is 44.2 Å². The Morgan fingerprint density at radius 2 is 1.62 bits per heavy atom. The smallest absolute Gasteiger partial charge is 0.306 e. The molecule has 0 bridgehead atoms. The van der Waals surface area contributed by atoms with Gasteiger partial charge in [0.25, 0.3) is 0 Å². The minimum absolute atomic E-state index is 0.0674. The summed E-state index contributed by atoms with van der Waals surface area (Å²) in [4.78, 5) is 49.5. The lowest BCUT2D eigenvalue weighted by molar-refractivity contribution is -0.155. The van der Waals surface area contributed by atoms with Crippen LogP contribution in [0, 0.1) is 11.8 Å². The molecule has 1 saturated carbocycles. The summed E-state index contributed by atoms with van der Waals surface area (Å²) in [6.07, 6.45) is 14.8. The van der Waals surface area contributed by atoms with Crippen LogP contribution in [0.3, 0.4) is 0 Å². The van der Waals surface area contributed by atoms with Gasteiger partial charge in [-0.25, -0.2) is 4.98 Å². The van der Waals surface area contributed by atoms with Gasteiger partial charge in [0.1, 0.15) is 11.9 Å². The van der Waals surface area contributed by atoms with Crippen molar-refractivity contribution in [1.29, 1.82) is 0 Å². The van der Waals surface area contributed by atoms with E-state index in [1.54, 1.807) is 0 Å². The molecule has 3 aliphatic rings. The molecule has 1 aliphatic carbocycles. The largest absolute Gasteiger partial charge is 0.459 e. The maximum absolute atomic E-state index is 13.1. The first-order valence-corrected chi connectivity index (χ1v) is 15.1. The van der Waals surface area contributed by atoms with Gasteiger partial charge in [-0.15, -0.1) is 6.58 Å². The number of aromatic nitrogens is 1. The van der Waals surface area contributed by atoms with Crippen molar-refractivity contribution in [2.24, 2.45) is 11.8 Å². The van der Waals surface area contributed by atoms with E-state index in [0.717, 1.165) is 83.4 Å². The van der Waals surface area contributed by atoms with Crippen molar-refractivity contribution in [2.45, 2.75) is 83.2 Å². The van der Waals surface area contributed by atoms with E-state index in [0.29, 0.717) is 13.0 Å². The molecule has 39 heavy (non-hydrogen) atoms. The van der Waals surface area contributed by atoms with Gasteiger partial charge in [-0.05, 0) is 44.2 Å². The molecule has 214 valence electrons. The molecule has 3 fully saturated rings. The fourth-order valence-corrected chi connectivity index (χ4v) is 6.25. The molecule has 3 unspecified atom stereocenters. The molecule has 0 aromatic carbocycles. The first-order valence-electron chi connectivity index (χ1n) is 15.1. The molecule has 2 aliphatic heterocycles. The molecule has 3 heterocycles. The number of nitrogens with zero attached hydrogens (tertiary/aromatic N) is 4. The number of allylic oxidation sites excluding steroid dienone is 1. The number of likely N-dealkylation sites (tertiary alicyclic amines) is 1. The Kier molecular flexibility index (Phi) is 11.4. The highest BCUT2D eigenvalue weighted by atomic mass is 16.5. The molecule has 2 saturated heterocycles. The van der Waals surface area contributed by atoms with Crippen LogP contribution in [0.25, 0.3) is 0 Å². The Hall–Kier alpha value is -2.74. The number of fused-ring (bicyclic) bond motifs is 1. The number of unbranched alkanes of at least 4 members (excludes halogenated alkanes) is 6. The summed E-state index contributed by atoms with van der Waals surface area (Å²) in [5.41, 5.74) is 0. The van der Waals surface area contributed by atoms with Crippen LogP contribution < -0.4 is 4.90 Å². The normalized spacial score (nSPS) is 22.6. The van der Waals surface area contributed by atoms with Gasteiger partial charge >= 0.3 is 5.97 Å². The molecular formula is C31H46N4O4. The monoisotopic (exact) mass is 538 g/mol. The minimum Gasteiger partial charge on any atom is -0.459 e. The molecule has 8 heteroatoms. The standard InChI is InChI=1S/C31H46N4O4/c1-2-3-4-5-6-7-8-9-17-29(36)39-25(24-35-30(37)26-14-10-11-15-27(26)31(35)38)23-33-19-21-34(22-20-33)28-16-12-13-18-32-28/h2,12-13,16,18,25-27H,1,3-11,14-15,17,19-24H2. The topological polar surface area (TPSA) is 83.1 Å². The number of carbonyl (C=O) groups excluding carboxylic acids is 3. The van der Waals surface area contributed by atoms with Crippen LogP contribution in [0.15, 0.2) is 37.1 Å². The van der Waals surface area contributed by atoms with Crippen LogP contribution in [0.5, 0.6) is 0 Å². The third-order valence-corrected chi connectivity index (χ3v) is 8.46. The molecule has 0 radical (unpaired) electrons. The van der Waals surface area contributed by atoms with Crippen molar-refractivity contribution in [3.63, 3.8) is 0 Å². The summed E-state index contributed by atoms with van der Waals surface area (Å²) < 4.78 is 5.97. The van der Waals surface area contributed by atoms with E-state index in [2.05, 4.69) is 21.4 Å². The van der Waals surface area contributed by atoms with Gasteiger partial charge in [0.05, 0.1) is 18.4 Å². The second-order valence-electron chi connectivity index (χ2n) is 11.3. The predicted molar refractivity (Wildman–Crippen MR) is 152 cm³/mol. The van der Waals surface area contributed by atoms with Crippen LogP contribution in [-0.2, 0) is 19.1 Å². The summed E-state index contributed by atoms with van der Waals surface area (Å²) >= 11 is 0. The third kappa shape index (κ3) is 8.37. The number of ether oxygens (including phenoxy) is 1. The highest BCUT2D eigenvalue weighted by Crippen LogP contribution is 2.38. The summed E-state index contributed by atoms with van der Waals surface area (Å²) in [5.74, 6) is 0.239. The Morgan fingerprint density at radius 1 is 0.949 bits per heavy atom. The van der Waals surface area contributed by atoms with E-state index >= 15 is 0 Å². The summed E-state index contributed by atoms with van der Waals surface area (Å²) in [6.45, 7) is 7.73. The van der Waals surface area contributed by atoms with Crippen LogP contribution in [0.2, 0.25) is 0 Å². The van der Waals surface area contributed by atoms with Crippen molar-refractivity contribution < 1.29 is 19.1 Å².